The van der Waals surface area contributed by atoms with E-state index in [-0.39, 0.29) is 25.2 Å². The number of hydrogen-bond acceptors (Lipinski definition) is 6. The maximum absolute atomic E-state index is 11.7. The van der Waals surface area contributed by atoms with Gasteiger partial charge in [-0.3, -0.25) is 0 Å². The van der Waals surface area contributed by atoms with Crippen LogP contribution >= 0.6 is 0 Å². The molecule has 0 radical (unpaired) electrons. The SMILES string of the molecule is Cc1ccc(OCC(=O)OCCCCCCOC(=O)COc2ccc(C)cc2)cc1. The van der Waals surface area contributed by atoms with Gasteiger partial charge in [0.05, 0.1) is 13.2 Å². The van der Waals surface area contributed by atoms with Crippen molar-refractivity contribution in [2.24, 2.45) is 0 Å². The summed E-state index contributed by atoms with van der Waals surface area (Å²) in [7, 11) is 0. The standard InChI is InChI=1S/C24H30O6/c1-19-7-11-21(12-8-19)29-17-23(25)27-15-5-3-4-6-16-28-24(26)18-30-22-13-9-20(2)10-14-22/h7-14H,3-6,15-18H2,1-2H3. The summed E-state index contributed by atoms with van der Waals surface area (Å²) >= 11 is 0. The van der Waals surface area contributed by atoms with E-state index in [2.05, 4.69) is 0 Å². The summed E-state index contributed by atoms with van der Waals surface area (Å²) in [6.45, 7) is 4.51. The third-order valence-corrected chi connectivity index (χ3v) is 4.32. The fourth-order valence-electron chi connectivity index (χ4n) is 2.57. The first-order valence-corrected chi connectivity index (χ1v) is 10.2. The van der Waals surface area contributed by atoms with Crippen molar-refractivity contribution < 1.29 is 28.5 Å². The lowest BCUT2D eigenvalue weighted by molar-refractivity contribution is -0.147. The van der Waals surface area contributed by atoms with Crippen molar-refractivity contribution in [2.45, 2.75) is 39.5 Å². The van der Waals surface area contributed by atoms with Gasteiger partial charge < -0.3 is 18.9 Å². The molecule has 0 aromatic heterocycles. The van der Waals surface area contributed by atoms with Gasteiger partial charge in [-0.25, -0.2) is 9.59 Å². The molecule has 0 amide bonds. The van der Waals surface area contributed by atoms with E-state index in [0.717, 1.165) is 36.8 Å². The van der Waals surface area contributed by atoms with Crippen molar-refractivity contribution in [2.75, 3.05) is 26.4 Å². The van der Waals surface area contributed by atoms with Crippen LogP contribution in [0, 0.1) is 13.8 Å². The Morgan fingerprint density at radius 3 is 1.33 bits per heavy atom. The maximum Gasteiger partial charge on any atom is 0.344 e. The van der Waals surface area contributed by atoms with Gasteiger partial charge in [-0.2, -0.15) is 0 Å². The van der Waals surface area contributed by atoms with E-state index in [1.165, 1.54) is 0 Å². The highest BCUT2D eigenvalue weighted by molar-refractivity contribution is 5.71. The number of carbonyl (C=O) groups is 2. The van der Waals surface area contributed by atoms with Crippen LogP contribution in [0.3, 0.4) is 0 Å². The molecular weight excluding hydrogens is 384 g/mol. The van der Waals surface area contributed by atoms with E-state index in [4.69, 9.17) is 18.9 Å². The summed E-state index contributed by atoms with van der Waals surface area (Å²) in [6.07, 6.45) is 3.31. The molecule has 0 saturated carbocycles. The summed E-state index contributed by atoms with van der Waals surface area (Å²) in [5.74, 6) is 0.545. The first-order chi connectivity index (χ1) is 14.5. The van der Waals surface area contributed by atoms with Gasteiger partial charge in [0.15, 0.2) is 13.2 Å². The molecule has 0 atom stereocenters. The van der Waals surface area contributed by atoms with Crippen LogP contribution in [0.1, 0.15) is 36.8 Å². The Morgan fingerprint density at radius 2 is 0.967 bits per heavy atom. The molecule has 0 aliphatic rings. The predicted molar refractivity (Wildman–Crippen MR) is 114 cm³/mol. The highest BCUT2D eigenvalue weighted by atomic mass is 16.6. The summed E-state index contributed by atoms with van der Waals surface area (Å²) < 4.78 is 21.0. The van der Waals surface area contributed by atoms with E-state index < -0.39 is 0 Å². The van der Waals surface area contributed by atoms with E-state index in [0.29, 0.717) is 24.7 Å². The molecule has 162 valence electrons. The summed E-state index contributed by atoms with van der Waals surface area (Å²) in [4.78, 5) is 23.3. The van der Waals surface area contributed by atoms with E-state index >= 15 is 0 Å². The molecule has 0 unspecified atom stereocenters. The van der Waals surface area contributed by atoms with Gasteiger partial charge >= 0.3 is 11.9 Å². The van der Waals surface area contributed by atoms with Gasteiger partial charge in [-0.15, -0.1) is 0 Å². The van der Waals surface area contributed by atoms with Crippen LogP contribution in [0.2, 0.25) is 0 Å². The highest BCUT2D eigenvalue weighted by Crippen LogP contribution is 2.12. The molecule has 0 spiro atoms. The van der Waals surface area contributed by atoms with Crippen molar-refractivity contribution in [3.8, 4) is 11.5 Å². The summed E-state index contributed by atoms with van der Waals surface area (Å²) in [6, 6.07) is 15.0. The van der Waals surface area contributed by atoms with Crippen molar-refractivity contribution >= 4 is 11.9 Å². The number of hydrogen-bond donors (Lipinski definition) is 0. The molecule has 2 rings (SSSR count). The fraction of sp³-hybridized carbons (Fsp3) is 0.417. The third-order valence-electron chi connectivity index (χ3n) is 4.32. The third kappa shape index (κ3) is 9.96. The molecule has 2 aromatic rings. The van der Waals surface area contributed by atoms with Crippen molar-refractivity contribution in [3.63, 3.8) is 0 Å². The van der Waals surface area contributed by atoms with Gasteiger partial charge in [-0.1, -0.05) is 35.4 Å². The average Bonchev–Trinajstić information content (AvgIpc) is 2.74. The van der Waals surface area contributed by atoms with Crippen molar-refractivity contribution in [3.05, 3.63) is 59.7 Å². The second-order valence-corrected chi connectivity index (χ2v) is 7.06. The lowest BCUT2D eigenvalue weighted by Gasteiger charge is -2.08. The van der Waals surface area contributed by atoms with E-state index in [1.807, 2.05) is 62.4 Å². The van der Waals surface area contributed by atoms with Crippen LogP contribution in [0.4, 0.5) is 0 Å². The van der Waals surface area contributed by atoms with Crippen LogP contribution in [-0.2, 0) is 19.1 Å². The lowest BCUT2D eigenvalue weighted by Crippen LogP contribution is -2.16. The van der Waals surface area contributed by atoms with E-state index in [1.54, 1.807) is 0 Å². The molecule has 30 heavy (non-hydrogen) atoms. The fourth-order valence-corrected chi connectivity index (χ4v) is 2.57. The number of ether oxygens (including phenoxy) is 4. The number of unbranched alkanes of at least 4 members (excludes halogenated alkanes) is 3. The molecule has 0 aliphatic carbocycles. The molecule has 2 aromatic carbocycles. The van der Waals surface area contributed by atoms with Crippen LogP contribution in [0.25, 0.3) is 0 Å². The number of carbonyl (C=O) groups excluding carboxylic acids is 2. The van der Waals surface area contributed by atoms with Gasteiger partial charge in [0, 0.05) is 0 Å². The summed E-state index contributed by atoms with van der Waals surface area (Å²) in [5.41, 5.74) is 2.27. The largest absolute Gasteiger partial charge is 0.482 e. The smallest absolute Gasteiger partial charge is 0.344 e. The van der Waals surface area contributed by atoms with Crippen molar-refractivity contribution in [1.82, 2.24) is 0 Å². The molecule has 0 N–H and O–H groups in total. The van der Waals surface area contributed by atoms with Gasteiger partial charge in [0.2, 0.25) is 0 Å². The minimum absolute atomic E-state index is 0.0936. The molecule has 6 heteroatoms. The average molecular weight is 414 g/mol. The Labute approximate surface area is 178 Å². The molecule has 0 heterocycles. The Balaban J connectivity index is 1.41. The van der Waals surface area contributed by atoms with Crippen LogP contribution in [0.15, 0.2) is 48.5 Å². The van der Waals surface area contributed by atoms with Gasteiger partial charge in [-0.05, 0) is 63.8 Å². The van der Waals surface area contributed by atoms with Gasteiger partial charge in [0.25, 0.3) is 0 Å². The minimum Gasteiger partial charge on any atom is -0.482 e. The number of esters is 2. The van der Waals surface area contributed by atoms with Gasteiger partial charge in [0.1, 0.15) is 11.5 Å². The van der Waals surface area contributed by atoms with Crippen LogP contribution in [0.5, 0.6) is 11.5 Å². The number of benzene rings is 2. The molecular formula is C24H30O6. The van der Waals surface area contributed by atoms with Crippen molar-refractivity contribution in [1.29, 1.82) is 0 Å². The monoisotopic (exact) mass is 414 g/mol. The second kappa shape index (κ2) is 13.2. The number of aryl methyl sites for hydroxylation is 2. The zero-order valence-electron chi connectivity index (χ0n) is 17.7. The Hall–Kier alpha value is -3.02. The molecule has 0 bridgehead atoms. The normalized spacial score (nSPS) is 10.3. The Bertz CT molecular complexity index is 700. The predicted octanol–water partition coefficient (Wildman–Crippen LogP) is 4.41. The van der Waals surface area contributed by atoms with E-state index in [9.17, 15) is 9.59 Å². The maximum atomic E-state index is 11.7. The quantitative estimate of drug-likeness (QED) is 0.357. The first-order valence-electron chi connectivity index (χ1n) is 10.2. The Kier molecular flexibility index (Phi) is 10.3. The topological polar surface area (TPSA) is 71.1 Å². The molecule has 0 aliphatic heterocycles. The van der Waals surface area contributed by atoms with Crippen LogP contribution < -0.4 is 9.47 Å². The molecule has 6 nitrogen and oxygen atoms in total. The first kappa shape index (κ1) is 23.3. The zero-order valence-corrected chi connectivity index (χ0v) is 17.7. The number of rotatable bonds is 13. The second-order valence-electron chi connectivity index (χ2n) is 7.06. The Morgan fingerprint density at radius 1 is 0.600 bits per heavy atom. The highest BCUT2D eigenvalue weighted by Gasteiger charge is 2.05. The van der Waals surface area contributed by atoms with Crippen LogP contribution in [-0.4, -0.2) is 38.4 Å². The lowest BCUT2D eigenvalue weighted by atomic mass is 10.2. The summed E-state index contributed by atoms with van der Waals surface area (Å²) in [5, 5.41) is 0. The molecule has 0 saturated heterocycles. The zero-order chi connectivity index (χ0) is 21.6. The molecule has 0 fully saturated rings. The minimum atomic E-state index is -0.377.